The van der Waals surface area contributed by atoms with Crippen LogP contribution < -0.4 is 15.6 Å². The number of ether oxygens (including phenoxy) is 1. The van der Waals surface area contributed by atoms with E-state index in [9.17, 15) is 9.59 Å². The normalized spacial score (nSPS) is 10.3. The third-order valence-corrected chi connectivity index (χ3v) is 3.97. The second kappa shape index (κ2) is 8.16. The summed E-state index contributed by atoms with van der Waals surface area (Å²) in [5.41, 5.74) is 2.38. The number of aromatic nitrogens is 1. The van der Waals surface area contributed by atoms with Crippen molar-refractivity contribution in [2.45, 2.75) is 0 Å². The highest BCUT2D eigenvalue weighted by Gasteiger charge is 2.07. The van der Waals surface area contributed by atoms with Crippen molar-refractivity contribution in [3.63, 3.8) is 0 Å². The quantitative estimate of drug-likeness (QED) is 0.697. The fourth-order valence-corrected chi connectivity index (χ4v) is 2.60. The topological polar surface area (TPSA) is 60.3 Å². The number of hydrogen-bond acceptors (Lipinski definition) is 3. The van der Waals surface area contributed by atoms with Crippen molar-refractivity contribution in [3.8, 4) is 16.9 Å². The summed E-state index contributed by atoms with van der Waals surface area (Å²) in [5.74, 6) is 0.538. The standard InChI is InChI=1S/C21H20N2O3/c1-23-15-17(11-12-20(23)24)21(25)22-13-14-26-19-10-6-5-9-18(19)16-7-3-2-4-8-16/h2-12,15H,13-14H2,1H3,(H,22,25). The number of para-hydroxylation sites is 1. The molecule has 0 aliphatic heterocycles. The lowest BCUT2D eigenvalue weighted by atomic mass is 10.1. The first-order valence-corrected chi connectivity index (χ1v) is 8.37. The minimum atomic E-state index is -0.236. The van der Waals surface area contributed by atoms with Gasteiger partial charge in [0.25, 0.3) is 5.91 Å². The maximum Gasteiger partial charge on any atom is 0.252 e. The average molecular weight is 348 g/mol. The monoisotopic (exact) mass is 348 g/mol. The Morgan fingerprint density at radius 2 is 1.73 bits per heavy atom. The van der Waals surface area contributed by atoms with E-state index < -0.39 is 0 Å². The number of benzene rings is 2. The molecule has 0 saturated carbocycles. The lowest BCUT2D eigenvalue weighted by molar-refractivity contribution is 0.0946. The number of nitrogens with zero attached hydrogens (tertiary/aromatic N) is 1. The Bertz CT molecular complexity index is 949. The van der Waals surface area contributed by atoms with Crippen molar-refractivity contribution in [2.24, 2.45) is 7.05 Å². The van der Waals surface area contributed by atoms with Gasteiger partial charge in [0.2, 0.25) is 5.56 Å². The highest BCUT2D eigenvalue weighted by molar-refractivity contribution is 5.93. The molecule has 0 atom stereocenters. The fourth-order valence-electron chi connectivity index (χ4n) is 2.60. The highest BCUT2D eigenvalue weighted by atomic mass is 16.5. The van der Waals surface area contributed by atoms with Crippen molar-refractivity contribution in [3.05, 3.63) is 88.8 Å². The summed E-state index contributed by atoms with van der Waals surface area (Å²) < 4.78 is 7.23. The molecule has 0 radical (unpaired) electrons. The number of amides is 1. The van der Waals surface area contributed by atoms with Crippen LogP contribution in [0.3, 0.4) is 0 Å². The van der Waals surface area contributed by atoms with Crippen molar-refractivity contribution >= 4 is 5.91 Å². The Morgan fingerprint density at radius 1 is 1.00 bits per heavy atom. The Morgan fingerprint density at radius 3 is 2.50 bits per heavy atom. The van der Waals surface area contributed by atoms with Gasteiger partial charge in [-0.05, 0) is 17.7 Å². The van der Waals surface area contributed by atoms with Crippen LogP contribution in [0, 0.1) is 0 Å². The summed E-state index contributed by atoms with van der Waals surface area (Å²) >= 11 is 0. The Labute approximate surface area is 151 Å². The molecular formula is C21H20N2O3. The van der Waals surface area contributed by atoms with E-state index in [0.29, 0.717) is 18.7 Å². The average Bonchev–Trinajstić information content (AvgIpc) is 2.68. The minimum absolute atomic E-state index is 0.151. The number of rotatable bonds is 6. The molecule has 3 aromatic rings. The Kier molecular flexibility index (Phi) is 5.49. The van der Waals surface area contributed by atoms with Crippen molar-refractivity contribution in [2.75, 3.05) is 13.2 Å². The first-order chi connectivity index (χ1) is 12.6. The summed E-state index contributed by atoms with van der Waals surface area (Å²) in [6, 6.07) is 20.7. The molecule has 2 aromatic carbocycles. The zero-order chi connectivity index (χ0) is 18.4. The van der Waals surface area contributed by atoms with Gasteiger partial charge in [0, 0.05) is 24.9 Å². The first kappa shape index (κ1) is 17.5. The van der Waals surface area contributed by atoms with Gasteiger partial charge in [-0.15, -0.1) is 0 Å². The van der Waals surface area contributed by atoms with E-state index in [2.05, 4.69) is 5.32 Å². The second-order valence-corrected chi connectivity index (χ2v) is 5.83. The lowest BCUT2D eigenvalue weighted by Gasteiger charge is -2.12. The van der Waals surface area contributed by atoms with Crippen molar-refractivity contribution < 1.29 is 9.53 Å². The molecule has 0 bridgehead atoms. The second-order valence-electron chi connectivity index (χ2n) is 5.83. The molecule has 1 aromatic heterocycles. The highest BCUT2D eigenvalue weighted by Crippen LogP contribution is 2.29. The predicted octanol–water partition coefficient (Wildman–Crippen LogP) is 2.86. The van der Waals surface area contributed by atoms with Crippen molar-refractivity contribution in [1.82, 2.24) is 9.88 Å². The van der Waals surface area contributed by atoms with Gasteiger partial charge < -0.3 is 14.6 Å². The van der Waals surface area contributed by atoms with Gasteiger partial charge in [-0.2, -0.15) is 0 Å². The number of pyridine rings is 1. The number of hydrogen-bond donors (Lipinski definition) is 1. The number of carbonyl (C=O) groups excluding carboxylic acids is 1. The minimum Gasteiger partial charge on any atom is -0.491 e. The Hall–Kier alpha value is -3.34. The molecule has 0 fully saturated rings. The van der Waals surface area contributed by atoms with E-state index in [4.69, 9.17) is 4.74 Å². The van der Waals surface area contributed by atoms with Gasteiger partial charge in [-0.1, -0.05) is 48.5 Å². The molecule has 132 valence electrons. The zero-order valence-corrected chi connectivity index (χ0v) is 14.5. The summed E-state index contributed by atoms with van der Waals surface area (Å²) in [7, 11) is 1.61. The Balaban J connectivity index is 1.58. The van der Waals surface area contributed by atoms with E-state index in [1.165, 1.54) is 22.9 Å². The van der Waals surface area contributed by atoms with Crippen LogP contribution in [0.5, 0.6) is 5.75 Å². The van der Waals surface area contributed by atoms with Crippen LogP contribution in [0.25, 0.3) is 11.1 Å². The maximum absolute atomic E-state index is 12.1. The van der Waals surface area contributed by atoms with Crippen molar-refractivity contribution in [1.29, 1.82) is 0 Å². The summed E-state index contributed by atoms with van der Waals surface area (Å²) in [5, 5.41) is 2.80. The van der Waals surface area contributed by atoms with Gasteiger partial charge in [0.15, 0.2) is 0 Å². The van der Waals surface area contributed by atoms with Crippen LogP contribution in [-0.2, 0) is 7.05 Å². The van der Waals surface area contributed by atoms with Crippen LogP contribution >= 0.6 is 0 Å². The summed E-state index contributed by atoms with van der Waals surface area (Å²) in [4.78, 5) is 23.5. The lowest BCUT2D eigenvalue weighted by Crippen LogP contribution is -2.29. The SMILES string of the molecule is Cn1cc(C(=O)NCCOc2ccccc2-c2ccccc2)ccc1=O. The molecule has 0 aliphatic carbocycles. The summed E-state index contributed by atoms with van der Waals surface area (Å²) in [6.45, 7) is 0.714. The number of carbonyl (C=O) groups is 1. The van der Waals surface area contributed by atoms with Gasteiger partial charge in [0.05, 0.1) is 12.1 Å². The molecule has 0 spiro atoms. The van der Waals surface area contributed by atoms with Gasteiger partial charge in [0.1, 0.15) is 12.4 Å². The van der Waals surface area contributed by atoms with E-state index in [-0.39, 0.29) is 11.5 Å². The molecule has 0 unspecified atom stereocenters. The predicted molar refractivity (Wildman–Crippen MR) is 101 cm³/mol. The first-order valence-electron chi connectivity index (χ1n) is 8.37. The van der Waals surface area contributed by atoms with E-state index in [1.54, 1.807) is 7.05 Å². The summed E-state index contributed by atoms with van der Waals surface area (Å²) in [6.07, 6.45) is 1.52. The molecular weight excluding hydrogens is 328 g/mol. The molecule has 1 heterocycles. The van der Waals surface area contributed by atoms with Gasteiger partial charge >= 0.3 is 0 Å². The molecule has 5 heteroatoms. The van der Waals surface area contributed by atoms with E-state index in [1.807, 2.05) is 54.6 Å². The third-order valence-electron chi connectivity index (χ3n) is 3.97. The number of nitrogens with one attached hydrogen (secondary N) is 1. The molecule has 0 aliphatic rings. The van der Waals surface area contributed by atoms with Gasteiger partial charge in [-0.3, -0.25) is 9.59 Å². The van der Waals surface area contributed by atoms with Crippen LogP contribution in [0.2, 0.25) is 0 Å². The van der Waals surface area contributed by atoms with Crippen LogP contribution in [-0.4, -0.2) is 23.6 Å². The third kappa shape index (κ3) is 4.19. The molecule has 26 heavy (non-hydrogen) atoms. The van der Waals surface area contributed by atoms with Crippen LogP contribution in [0.1, 0.15) is 10.4 Å². The smallest absolute Gasteiger partial charge is 0.252 e. The van der Waals surface area contributed by atoms with Gasteiger partial charge in [-0.25, -0.2) is 0 Å². The molecule has 1 amide bonds. The largest absolute Gasteiger partial charge is 0.491 e. The van der Waals surface area contributed by atoms with Crippen LogP contribution in [0.4, 0.5) is 0 Å². The fraction of sp³-hybridized carbons (Fsp3) is 0.143. The molecule has 1 N–H and O–H groups in total. The number of aryl methyl sites for hydroxylation is 1. The molecule has 0 saturated heterocycles. The maximum atomic E-state index is 12.1. The molecule has 3 rings (SSSR count). The zero-order valence-electron chi connectivity index (χ0n) is 14.5. The molecule has 5 nitrogen and oxygen atoms in total. The van der Waals surface area contributed by atoms with E-state index in [0.717, 1.165) is 16.9 Å². The van der Waals surface area contributed by atoms with Crippen LogP contribution in [0.15, 0.2) is 77.7 Å². The van der Waals surface area contributed by atoms with E-state index >= 15 is 0 Å².